The average molecular weight is 238 g/mol. The first-order chi connectivity index (χ1) is 7.40. The normalized spacial score (nSPS) is 19.2. The summed E-state index contributed by atoms with van der Waals surface area (Å²) in [6, 6.07) is 5.82. The molecule has 1 heterocycles. The van der Waals surface area contributed by atoms with Crippen LogP contribution in [-0.2, 0) is 4.79 Å². The lowest BCUT2D eigenvalue weighted by Crippen LogP contribution is -2.38. The summed E-state index contributed by atoms with van der Waals surface area (Å²) in [6.07, 6.45) is 0.620. The van der Waals surface area contributed by atoms with Crippen molar-refractivity contribution in [3.8, 4) is 0 Å². The fraction of sp³-hybridized carbons (Fsp3) is 0.462. The predicted octanol–water partition coefficient (Wildman–Crippen LogP) is 3.21. The number of hydrogen-bond donors (Lipinski definition) is 0. The van der Waals surface area contributed by atoms with E-state index in [1.807, 2.05) is 25.1 Å². The van der Waals surface area contributed by atoms with E-state index in [0.717, 1.165) is 16.3 Å². The Bertz CT molecular complexity index is 440. The largest absolute Gasteiger partial charge is 0.358 e. The Morgan fingerprint density at radius 2 is 2.06 bits per heavy atom. The van der Waals surface area contributed by atoms with E-state index in [9.17, 15) is 4.79 Å². The van der Waals surface area contributed by atoms with Gasteiger partial charge in [0, 0.05) is 22.7 Å². The van der Waals surface area contributed by atoms with Gasteiger partial charge >= 0.3 is 0 Å². The lowest BCUT2D eigenvalue weighted by Gasteiger charge is -2.33. The van der Waals surface area contributed by atoms with Crippen molar-refractivity contribution in [3.05, 3.63) is 28.8 Å². The van der Waals surface area contributed by atoms with Crippen LogP contribution in [0.25, 0.3) is 0 Å². The minimum atomic E-state index is -0.0876. The number of nitrogens with zero attached hydrogens (tertiary/aromatic N) is 1. The summed E-state index contributed by atoms with van der Waals surface area (Å²) in [5.41, 5.74) is 2.14. The van der Waals surface area contributed by atoms with Crippen LogP contribution in [0.3, 0.4) is 0 Å². The first-order valence-electron chi connectivity index (χ1n) is 5.46. The molecule has 0 unspecified atom stereocenters. The molecule has 0 spiro atoms. The van der Waals surface area contributed by atoms with Gasteiger partial charge in [-0.3, -0.25) is 4.79 Å². The molecule has 2 rings (SSSR count). The number of anilines is 1. The van der Waals surface area contributed by atoms with Gasteiger partial charge in [-0.2, -0.15) is 0 Å². The number of halogens is 1. The van der Waals surface area contributed by atoms with Crippen LogP contribution in [0.2, 0.25) is 5.02 Å². The van der Waals surface area contributed by atoms with Crippen LogP contribution in [0.15, 0.2) is 18.2 Å². The second kappa shape index (κ2) is 3.77. The lowest BCUT2D eigenvalue weighted by atomic mass is 10.0. The van der Waals surface area contributed by atoms with Crippen molar-refractivity contribution < 1.29 is 4.79 Å². The maximum Gasteiger partial charge on any atom is 0.154 e. The molecule has 86 valence electrons. The smallest absolute Gasteiger partial charge is 0.154 e. The van der Waals surface area contributed by atoms with Gasteiger partial charge in [0.15, 0.2) is 5.78 Å². The molecule has 1 aromatic carbocycles. The van der Waals surface area contributed by atoms with Crippen LogP contribution in [0.1, 0.15) is 25.8 Å². The molecule has 1 saturated heterocycles. The second-order valence-electron chi connectivity index (χ2n) is 5.04. The highest BCUT2D eigenvalue weighted by Crippen LogP contribution is 2.34. The number of carbonyl (C=O) groups excluding carboxylic acids is 1. The SMILES string of the molecule is Cc1cc(Cl)ccc1N1CC(=O)CC1(C)C. The number of hydrogen-bond acceptors (Lipinski definition) is 2. The third kappa shape index (κ3) is 1.94. The highest BCUT2D eigenvalue weighted by Gasteiger charge is 2.37. The van der Waals surface area contributed by atoms with E-state index in [-0.39, 0.29) is 5.54 Å². The van der Waals surface area contributed by atoms with Gasteiger partial charge in [-0.1, -0.05) is 11.6 Å². The zero-order valence-electron chi connectivity index (χ0n) is 9.88. The summed E-state index contributed by atoms with van der Waals surface area (Å²) in [4.78, 5) is 13.7. The maximum atomic E-state index is 11.6. The lowest BCUT2D eigenvalue weighted by molar-refractivity contribution is -0.116. The summed E-state index contributed by atoms with van der Waals surface area (Å²) >= 11 is 5.94. The second-order valence-corrected chi connectivity index (χ2v) is 5.48. The van der Waals surface area contributed by atoms with Crippen molar-refractivity contribution >= 4 is 23.1 Å². The minimum absolute atomic E-state index is 0.0876. The molecule has 1 aliphatic heterocycles. The molecular weight excluding hydrogens is 222 g/mol. The molecule has 1 aliphatic rings. The van der Waals surface area contributed by atoms with Gasteiger partial charge in [0.2, 0.25) is 0 Å². The van der Waals surface area contributed by atoms with E-state index >= 15 is 0 Å². The van der Waals surface area contributed by atoms with Crippen molar-refractivity contribution in [2.24, 2.45) is 0 Å². The van der Waals surface area contributed by atoms with E-state index in [1.54, 1.807) is 0 Å². The van der Waals surface area contributed by atoms with Gasteiger partial charge in [0.1, 0.15) is 0 Å². The first-order valence-corrected chi connectivity index (χ1v) is 5.83. The molecule has 16 heavy (non-hydrogen) atoms. The molecule has 0 aromatic heterocycles. The summed E-state index contributed by atoms with van der Waals surface area (Å²) in [5, 5.41) is 0.740. The standard InChI is InChI=1S/C13H16ClNO/c1-9-6-10(14)4-5-12(9)15-8-11(16)7-13(15,2)3/h4-6H,7-8H2,1-3H3. The molecule has 3 heteroatoms. The zero-order chi connectivity index (χ0) is 11.9. The van der Waals surface area contributed by atoms with E-state index in [0.29, 0.717) is 18.7 Å². The number of Topliss-reactive ketones (excluding diaryl/α,β-unsaturated/α-hetero) is 1. The number of rotatable bonds is 1. The van der Waals surface area contributed by atoms with Crippen LogP contribution < -0.4 is 4.90 Å². The number of aryl methyl sites for hydroxylation is 1. The Kier molecular flexibility index (Phi) is 2.70. The van der Waals surface area contributed by atoms with Crippen molar-refractivity contribution in [2.45, 2.75) is 32.7 Å². The Morgan fingerprint density at radius 3 is 2.56 bits per heavy atom. The highest BCUT2D eigenvalue weighted by atomic mass is 35.5. The molecule has 0 amide bonds. The van der Waals surface area contributed by atoms with E-state index in [1.165, 1.54) is 0 Å². The van der Waals surface area contributed by atoms with Crippen LogP contribution >= 0.6 is 11.6 Å². The van der Waals surface area contributed by atoms with Crippen molar-refractivity contribution in [1.82, 2.24) is 0 Å². The van der Waals surface area contributed by atoms with E-state index in [4.69, 9.17) is 11.6 Å². The zero-order valence-corrected chi connectivity index (χ0v) is 10.6. The third-order valence-electron chi connectivity index (χ3n) is 3.14. The third-order valence-corrected chi connectivity index (χ3v) is 3.38. The Balaban J connectivity index is 2.41. The quantitative estimate of drug-likeness (QED) is 0.748. The Morgan fingerprint density at radius 1 is 1.38 bits per heavy atom. The summed E-state index contributed by atoms with van der Waals surface area (Å²) in [5.74, 6) is 0.305. The molecular formula is C13H16ClNO. The highest BCUT2D eigenvalue weighted by molar-refractivity contribution is 6.30. The molecule has 1 fully saturated rings. The fourth-order valence-corrected chi connectivity index (χ4v) is 2.58. The van der Waals surface area contributed by atoms with Crippen LogP contribution in [-0.4, -0.2) is 17.9 Å². The summed E-state index contributed by atoms with van der Waals surface area (Å²) in [6.45, 7) is 6.74. The van der Waals surface area contributed by atoms with Crippen molar-refractivity contribution in [1.29, 1.82) is 0 Å². The Labute approximate surface area is 101 Å². The van der Waals surface area contributed by atoms with E-state index in [2.05, 4.69) is 18.7 Å². The average Bonchev–Trinajstić information content (AvgIpc) is 2.39. The van der Waals surface area contributed by atoms with Crippen molar-refractivity contribution in [3.63, 3.8) is 0 Å². The van der Waals surface area contributed by atoms with Crippen LogP contribution in [0.4, 0.5) is 5.69 Å². The number of benzene rings is 1. The minimum Gasteiger partial charge on any atom is -0.358 e. The van der Waals surface area contributed by atoms with E-state index < -0.39 is 0 Å². The molecule has 0 radical (unpaired) electrons. The Hall–Kier alpha value is -1.02. The van der Waals surface area contributed by atoms with Gasteiger partial charge in [-0.15, -0.1) is 0 Å². The van der Waals surface area contributed by atoms with Gasteiger partial charge in [0.25, 0.3) is 0 Å². The van der Waals surface area contributed by atoms with Gasteiger partial charge in [-0.05, 0) is 44.5 Å². The van der Waals surface area contributed by atoms with Crippen molar-refractivity contribution in [2.75, 3.05) is 11.4 Å². The molecule has 0 bridgehead atoms. The monoisotopic (exact) mass is 237 g/mol. The van der Waals surface area contributed by atoms with Gasteiger partial charge in [0.05, 0.1) is 6.54 Å². The van der Waals surface area contributed by atoms with Crippen LogP contribution in [0.5, 0.6) is 0 Å². The number of carbonyl (C=O) groups is 1. The van der Waals surface area contributed by atoms with Crippen LogP contribution in [0, 0.1) is 6.92 Å². The van der Waals surface area contributed by atoms with Gasteiger partial charge in [-0.25, -0.2) is 0 Å². The van der Waals surface area contributed by atoms with Gasteiger partial charge < -0.3 is 4.90 Å². The fourth-order valence-electron chi connectivity index (χ4n) is 2.36. The molecule has 0 atom stereocenters. The maximum absolute atomic E-state index is 11.6. The molecule has 0 N–H and O–H groups in total. The molecule has 0 saturated carbocycles. The summed E-state index contributed by atoms with van der Waals surface area (Å²) in [7, 11) is 0. The first kappa shape index (κ1) is 11.5. The molecule has 2 nitrogen and oxygen atoms in total. The summed E-state index contributed by atoms with van der Waals surface area (Å²) < 4.78 is 0. The topological polar surface area (TPSA) is 20.3 Å². The predicted molar refractivity (Wildman–Crippen MR) is 67.2 cm³/mol. The molecule has 0 aliphatic carbocycles. The number of ketones is 1. The molecule has 1 aromatic rings.